The van der Waals surface area contributed by atoms with Gasteiger partial charge in [-0.05, 0) is 62.3 Å². The first-order valence-corrected chi connectivity index (χ1v) is 10.2. The molecule has 0 aliphatic heterocycles. The van der Waals surface area contributed by atoms with Gasteiger partial charge in [0.05, 0.1) is 5.69 Å². The number of hydrogen-bond donors (Lipinski definition) is 2. The van der Waals surface area contributed by atoms with Crippen molar-refractivity contribution in [2.75, 3.05) is 17.9 Å². The lowest BCUT2D eigenvalue weighted by atomic mass is 9.92. The minimum Gasteiger partial charge on any atom is -0.359 e. The van der Waals surface area contributed by atoms with Crippen LogP contribution in [0.3, 0.4) is 0 Å². The van der Waals surface area contributed by atoms with Crippen molar-refractivity contribution in [3.63, 3.8) is 0 Å². The van der Waals surface area contributed by atoms with E-state index in [0.717, 1.165) is 42.6 Å². The molecule has 0 saturated heterocycles. The predicted octanol–water partition coefficient (Wildman–Crippen LogP) is 7.46. The first-order valence-electron chi connectivity index (χ1n) is 10.2. The van der Waals surface area contributed by atoms with Gasteiger partial charge in [-0.25, -0.2) is 5.54 Å². The van der Waals surface area contributed by atoms with Crippen LogP contribution in [0.5, 0.6) is 0 Å². The van der Waals surface area contributed by atoms with Crippen molar-refractivity contribution in [3.05, 3.63) is 58.8 Å². The molecule has 2 N–H and O–H groups in total. The maximum Gasteiger partial charge on any atom is 0.0763 e. The predicted molar refractivity (Wildman–Crippen MR) is 123 cm³/mol. The average molecular weight is 386 g/mol. The number of hydrogen-bond acceptors (Lipinski definition) is 3. The third-order valence-corrected chi connectivity index (χ3v) is 4.63. The number of rotatable bonds is 11. The van der Waals surface area contributed by atoms with E-state index in [1.807, 2.05) is 12.1 Å². The van der Waals surface area contributed by atoms with Crippen molar-refractivity contribution in [2.24, 2.45) is 10.9 Å². The molecule has 1 aromatic carbocycles. The van der Waals surface area contributed by atoms with Gasteiger partial charge in [-0.1, -0.05) is 51.5 Å². The number of aliphatic imine (C=N–C) groups is 1. The lowest BCUT2D eigenvalue weighted by molar-refractivity contribution is 0.617. The Kier molecular flexibility index (Phi) is 10.9. The second kappa shape index (κ2) is 12.9. The normalized spacial score (nSPS) is 13.5. The molecule has 0 atom stereocenters. The van der Waals surface area contributed by atoms with Gasteiger partial charge in [0.1, 0.15) is 0 Å². The molecule has 0 saturated carbocycles. The van der Waals surface area contributed by atoms with Crippen LogP contribution in [0.25, 0.3) is 0 Å². The summed E-state index contributed by atoms with van der Waals surface area (Å²) in [5.74, 6) is 0.424. The molecule has 4 heteroatoms. The summed E-state index contributed by atoms with van der Waals surface area (Å²) in [6.07, 6.45) is 12.5. The Labute approximate surface area is 170 Å². The molecular formula is C24H36FN3. The third-order valence-electron chi connectivity index (χ3n) is 4.63. The lowest BCUT2D eigenvalue weighted by Gasteiger charge is -2.19. The molecule has 28 heavy (non-hydrogen) atoms. The quantitative estimate of drug-likeness (QED) is 0.236. The zero-order chi connectivity index (χ0) is 20.9. The van der Waals surface area contributed by atoms with Crippen LogP contribution < -0.4 is 10.9 Å². The number of anilines is 2. The smallest absolute Gasteiger partial charge is 0.0763 e. The third kappa shape index (κ3) is 7.71. The van der Waals surface area contributed by atoms with Gasteiger partial charge in [0.25, 0.3) is 0 Å². The highest BCUT2D eigenvalue weighted by Gasteiger charge is 2.11. The molecule has 0 radical (unpaired) electrons. The highest BCUT2D eigenvalue weighted by Crippen LogP contribution is 2.27. The van der Waals surface area contributed by atoms with Crippen molar-refractivity contribution in [3.8, 4) is 0 Å². The molecule has 0 aromatic heterocycles. The van der Waals surface area contributed by atoms with Crippen LogP contribution in [-0.2, 0) is 0 Å². The van der Waals surface area contributed by atoms with Crippen LogP contribution in [-0.4, -0.2) is 13.3 Å². The Morgan fingerprint density at radius 3 is 2.50 bits per heavy atom. The molecule has 0 heterocycles. The molecule has 0 amide bonds. The van der Waals surface area contributed by atoms with Crippen LogP contribution in [0, 0.1) is 5.92 Å². The van der Waals surface area contributed by atoms with Gasteiger partial charge < -0.3 is 5.32 Å². The molecule has 0 aliphatic rings. The van der Waals surface area contributed by atoms with Gasteiger partial charge in [-0.15, -0.1) is 4.48 Å². The summed E-state index contributed by atoms with van der Waals surface area (Å²) in [5.41, 5.74) is 7.68. The SMILES string of the molecule is CC/C=C\C/C(=C\CC)C/C(=C(\C)Nc1ccc(C=NC)c(NF)c1)C(C)C. The summed E-state index contributed by atoms with van der Waals surface area (Å²) < 4.78 is 13.2. The summed E-state index contributed by atoms with van der Waals surface area (Å²) in [6.45, 7) is 10.9. The zero-order valence-corrected chi connectivity index (χ0v) is 18.3. The number of nitrogens with zero attached hydrogens (tertiary/aromatic N) is 1. The van der Waals surface area contributed by atoms with E-state index in [9.17, 15) is 4.48 Å². The maximum absolute atomic E-state index is 13.2. The summed E-state index contributed by atoms with van der Waals surface area (Å²) >= 11 is 0. The molecule has 1 aromatic rings. The minimum absolute atomic E-state index is 0.408. The van der Waals surface area contributed by atoms with Crippen LogP contribution in [0.1, 0.15) is 65.9 Å². The topological polar surface area (TPSA) is 36.4 Å². The minimum atomic E-state index is 0.408. The number of halogens is 1. The fourth-order valence-electron chi connectivity index (χ4n) is 3.20. The van der Waals surface area contributed by atoms with E-state index >= 15 is 0 Å². The fraction of sp³-hybridized carbons (Fsp3) is 0.458. The number of benzene rings is 1. The summed E-state index contributed by atoms with van der Waals surface area (Å²) in [7, 11) is 1.67. The van der Waals surface area contributed by atoms with Gasteiger partial charge >= 0.3 is 0 Å². The van der Waals surface area contributed by atoms with E-state index in [1.54, 1.807) is 24.9 Å². The molecule has 0 unspecified atom stereocenters. The Hall–Kier alpha value is -2.36. The number of allylic oxidation sites excluding steroid dienone is 6. The Morgan fingerprint density at radius 2 is 1.93 bits per heavy atom. The second-order valence-corrected chi connectivity index (χ2v) is 7.24. The lowest BCUT2D eigenvalue weighted by Crippen LogP contribution is -2.07. The molecule has 0 fully saturated rings. The molecule has 3 nitrogen and oxygen atoms in total. The fourth-order valence-corrected chi connectivity index (χ4v) is 3.20. The zero-order valence-electron chi connectivity index (χ0n) is 18.3. The van der Waals surface area contributed by atoms with Gasteiger partial charge in [0.2, 0.25) is 0 Å². The Morgan fingerprint density at radius 1 is 1.18 bits per heavy atom. The van der Waals surface area contributed by atoms with Gasteiger partial charge in [0, 0.05) is 30.2 Å². The summed E-state index contributed by atoms with van der Waals surface area (Å²) in [4.78, 5) is 3.96. The van der Waals surface area contributed by atoms with E-state index < -0.39 is 0 Å². The van der Waals surface area contributed by atoms with Crippen LogP contribution in [0.15, 0.2) is 58.3 Å². The second-order valence-electron chi connectivity index (χ2n) is 7.24. The van der Waals surface area contributed by atoms with E-state index in [1.165, 1.54) is 11.1 Å². The molecule has 1 rings (SSSR count). The van der Waals surface area contributed by atoms with Gasteiger partial charge in [0.15, 0.2) is 0 Å². The van der Waals surface area contributed by atoms with Crippen molar-refractivity contribution in [1.82, 2.24) is 0 Å². The molecule has 0 aliphatic carbocycles. The Balaban J connectivity index is 3.10. The van der Waals surface area contributed by atoms with Crippen molar-refractivity contribution < 1.29 is 4.48 Å². The monoisotopic (exact) mass is 385 g/mol. The van der Waals surface area contributed by atoms with E-state index in [4.69, 9.17) is 0 Å². The van der Waals surface area contributed by atoms with Crippen molar-refractivity contribution in [1.29, 1.82) is 0 Å². The van der Waals surface area contributed by atoms with E-state index in [-0.39, 0.29) is 0 Å². The standard InChI is InChI=1S/C24H36FN3/c1-7-9-10-12-20(11-8-2)15-23(18(3)4)19(5)27-22-14-13-21(17-26-6)24(16-22)28-25/h9-11,13-14,16-18,27-28H,7-8,12,15H2,1-6H3/b10-9-,20-11+,23-19-,26-17?. The average Bonchev–Trinajstić information content (AvgIpc) is 2.67. The molecular weight excluding hydrogens is 349 g/mol. The molecule has 0 bridgehead atoms. The Bertz CT molecular complexity index is 727. The van der Waals surface area contributed by atoms with Gasteiger partial charge in [-0.2, -0.15) is 0 Å². The first kappa shape index (κ1) is 23.7. The highest BCUT2D eigenvalue weighted by atomic mass is 19.2. The van der Waals surface area contributed by atoms with Crippen LogP contribution in [0.4, 0.5) is 15.9 Å². The highest BCUT2D eigenvalue weighted by molar-refractivity contribution is 5.88. The molecule has 154 valence electrons. The van der Waals surface area contributed by atoms with E-state index in [0.29, 0.717) is 11.6 Å². The van der Waals surface area contributed by atoms with Gasteiger partial charge in [-0.3, -0.25) is 4.99 Å². The van der Waals surface area contributed by atoms with Crippen molar-refractivity contribution in [2.45, 2.75) is 60.3 Å². The largest absolute Gasteiger partial charge is 0.359 e. The van der Waals surface area contributed by atoms with Crippen LogP contribution >= 0.6 is 0 Å². The van der Waals surface area contributed by atoms with Crippen LogP contribution in [0.2, 0.25) is 0 Å². The first-order chi connectivity index (χ1) is 13.5. The molecule has 0 spiro atoms. The summed E-state index contributed by atoms with van der Waals surface area (Å²) in [6, 6.07) is 5.58. The van der Waals surface area contributed by atoms with E-state index in [2.05, 4.69) is 63.2 Å². The van der Waals surface area contributed by atoms with Crippen molar-refractivity contribution >= 4 is 17.6 Å². The summed E-state index contributed by atoms with van der Waals surface area (Å²) in [5, 5.41) is 3.47. The maximum atomic E-state index is 13.2. The number of nitrogens with one attached hydrogen (secondary N) is 2.